The molecule has 2 aromatic carbocycles. The summed E-state index contributed by atoms with van der Waals surface area (Å²) in [5.41, 5.74) is 5.31. The minimum Gasteiger partial charge on any atom is -0.496 e. The minimum absolute atomic E-state index is 0.136. The van der Waals surface area contributed by atoms with Crippen LogP contribution in [0.3, 0.4) is 0 Å². The molecule has 1 amide bonds. The van der Waals surface area contributed by atoms with Crippen LogP contribution in [0.4, 0.5) is 0 Å². The van der Waals surface area contributed by atoms with Gasteiger partial charge in [-0.3, -0.25) is 4.79 Å². The number of nitrogens with zero attached hydrogens (tertiary/aromatic N) is 1. The van der Waals surface area contributed by atoms with Gasteiger partial charge in [-0.15, -0.1) is 0 Å². The van der Waals surface area contributed by atoms with E-state index in [2.05, 4.69) is 26.0 Å². The third-order valence-corrected chi connectivity index (χ3v) is 4.82. The molecule has 0 saturated heterocycles. The molecule has 3 heteroatoms. The van der Waals surface area contributed by atoms with Crippen molar-refractivity contribution >= 4 is 5.91 Å². The van der Waals surface area contributed by atoms with Crippen LogP contribution in [-0.4, -0.2) is 24.0 Å². The molecule has 1 aliphatic rings. The molecule has 24 heavy (non-hydrogen) atoms. The molecule has 3 nitrogen and oxygen atoms in total. The second-order valence-corrected chi connectivity index (χ2v) is 6.73. The highest BCUT2D eigenvalue weighted by molar-refractivity contribution is 5.96. The first-order chi connectivity index (χ1) is 11.5. The summed E-state index contributed by atoms with van der Waals surface area (Å²) in [7, 11) is 1.69. The maximum atomic E-state index is 13.1. The number of rotatable bonds is 5. The molecule has 1 saturated carbocycles. The van der Waals surface area contributed by atoms with Gasteiger partial charge >= 0.3 is 0 Å². The van der Waals surface area contributed by atoms with Crippen LogP contribution < -0.4 is 4.74 Å². The predicted molar refractivity (Wildman–Crippen MR) is 96.5 cm³/mol. The smallest absolute Gasteiger partial charge is 0.254 e. The molecule has 0 aromatic heterocycles. The van der Waals surface area contributed by atoms with Crippen LogP contribution >= 0.6 is 0 Å². The number of aryl methyl sites for hydroxylation is 2. The fourth-order valence-corrected chi connectivity index (χ4v) is 3.20. The molecule has 3 rings (SSSR count). The second-order valence-electron chi connectivity index (χ2n) is 6.73. The van der Waals surface area contributed by atoms with E-state index < -0.39 is 0 Å². The van der Waals surface area contributed by atoms with Gasteiger partial charge in [0, 0.05) is 18.2 Å². The summed E-state index contributed by atoms with van der Waals surface area (Å²) in [6, 6.07) is 12.5. The van der Waals surface area contributed by atoms with Gasteiger partial charge in [0.1, 0.15) is 5.75 Å². The van der Waals surface area contributed by atoms with Crippen LogP contribution in [0, 0.1) is 20.8 Å². The zero-order valence-corrected chi connectivity index (χ0v) is 14.9. The Kier molecular flexibility index (Phi) is 4.61. The van der Waals surface area contributed by atoms with Crippen molar-refractivity contribution in [3.8, 4) is 5.75 Å². The fourth-order valence-electron chi connectivity index (χ4n) is 3.20. The molecular formula is C21H25NO2. The summed E-state index contributed by atoms with van der Waals surface area (Å²) in [5.74, 6) is 1.01. The van der Waals surface area contributed by atoms with Crippen molar-refractivity contribution in [2.24, 2.45) is 0 Å². The van der Waals surface area contributed by atoms with Crippen LogP contribution in [0.25, 0.3) is 0 Å². The van der Waals surface area contributed by atoms with Crippen molar-refractivity contribution in [2.75, 3.05) is 7.11 Å². The highest BCUT2D eigenvalue weighted by Gasteiger charge is 2.33. The van der Waals surface area contributed by atoms with Gasteiger partial charge in [-0.1, -0.05) is 29.8 Å². The second kappa shape index (κ2) is 6.68. The number of methoxy groups -OCH3 is 1. The first-order valence-electron chi connectivity index (χ1n) is 8.52. The molecule has 1 aliphatic carbocycles. The maximum Gasteiger partial charge on any atom is 0.254 e. The van der Waals surface area contributed by atoms with E-state index in [9.17, 15) is 4.79 Å². The van der Waals surface area contributed by atoms with Gasteiger partial charge in [0.2, 0.25) is 0 Å². The molecule has 0 unspecified atom stereocenters. The van der Waals surface area contributed by atoms with Crippen molar-refractivity contribution in [3.63, 3.8) is 0 Å². The van der Waals surface area contributed by atoms with Crippen molar-refractivity contribution in [1.82, 2.24) is 4.90 Å². The Morgan fingerprint density at radius 1 is 1.17 bits per heavy atom. The summed E-state index contributed by atoms with van der Waals surface area (Å²) in [4.78, 5) is 15.2. The van der Waals surface area contributed by atoms with Gasteiger partial charge in [-0.2, -0.15) is 0 Å². The van der Waals surface area contributed by atoms with Crippen molar-refractivity contribution in [2.45, 2.75) is 46.2 Å². The van der Waals surface area contributed by atoms with Crippen LogP contribution in [0.2, 0.25) is 0 Å². The van der Waals surface area contributed by atoms with Gasteiger partial charge in [-0.05, 0) is 62.4 Å². The van der Waals surface area contributed by atoms with Gasteiger partial charge in [0.15, 0.2) is 0 Å². The van der Waals surface area contributed by atoms with Crippen molar-refractivity contribution in [3.05, 3.63) is 64.2 Å². The molecule has 2 aromatic rings. The topological polar surface area (TPSA) is 29.5 Å². The van der Waals surface area contributed by atoms with Gasteiger partial charge in [0.05, 0.1) is 7.11 Å². The van der Waals surface area contributed by atoms with Crippen LogP contribution in [0.1, 0.15) is 45.5 Å². The average Bonchev–Trinajstić information content (AvgIpc) is 3.38. The van der Waals surface area contributed by atoms with Gasteiger partial charge in [-0.25, -0.2) is 0 Å². The first kappa shape index (κ1) is 16.6. The molecule has 0 N–H and O–H groups in total. The summed E-state index contributed by atoms with van der Waals surface area (Å²) in [6.07, 6.45) is 2.19. The largest absolute Gasteiger partial charge is 0.496 e. The highest BCUT2D eigenvalue weighted by Crippen LogP contribution is 2.32. The van der Waals surface area contributed by atoms with Crippen LogP contribution in [0.5, 0.6) is 5.75 Å². The Balaban J connectivity index is 1.89. The Labute approximate surface area is 144 Å². The molecule has 0 atom stereocenters. The standard InChI is InChI=1S/C21H25NO2/c1-14-8-11-19(15(2)12-14)21(23)22(18-9-10-18)13-17-6-5-7-20(24-4)16(17)3/h5-8,11-12,18H,9-10,13H2,1-4H3. The number of hydrogen-bond acceptors (Lipinski definition) is 2. The Morgan fingerprint density at radius 3 is 2.54 bits per heavy atom. The van der Waals surface area contributed by atoms with Gasteiger partial charge in [0.25, 0.3) is 5.91 Å². The van der Waals surface area contributed by atoms with Crippen molar-refractivity contribution < 1.29 is 9.53 Å². The SMILES string of the molecule is COc1cccc(CN(C(=O)c2ccc(C)cc2C)C2CC2)c1C. The quantitative estimate of drug-likeness (QED) is 0.815. The highest BCUT2D eigenvalue weighted by atomic mass is 16.5. The molecule has 0 heterocycles. The van der Waals surface area contributed by atoms with Crippen LogP contribution in [0.15, 0.2) is 36.4 Å². The monoisotopic (exact) mass is 323 g/mol. The summed E-state index contributed by atoms with van der Waals surface area (Å²) < 4.78 is 5.42. The lowest BCUT2D eigenvalue weighted by Crippen LogP contribution is -2.33. The molecule has 0 spiro atoms. The Morgan fingerprint density at radius 2 is 1.92 bits per heavy atom. The molecular weight excluding hydrogens is 298 g/mol. The normalized spacial score (nSPS) is 13.7. The Hall–Kier alpha value is -2.29. The number of hydrogen-bond donors (Lipinski definition) is 0. The third kappa shape index (κ3) is 3.30. The van der Waals surface area contributed by atoms with E-state index in [1.54, 1.807) is 7.11 Å². The first-order valence-corrected chi connectivity index (χ1v) is 8.52. The summed E-state index contributed by atoms with van der Waals surface area (Å²) in [6.45, 7) is 6.77. The number of benzene rings is 2. The molecule has 0 aliphatic heterocycles. The van der Waals surface area contributed by atoms with Gasteiger partial charge < -0.3 is 9.64 Å². The maximum absolute atomic E-state index is 13.1. The van der Waals surface area contributed by atoms with E-state index in [4.69, 9.17) is 4.74 Å². The van der Waals surface area contributed by atoms with E-state index in [0.717, 1.165) is 40.8 Å². The van der Waals surface area contributed by atoms with Crippen molar-refractivity contribution in [1.29, 1.82) is 0 Å². The fraction of sp³-hybridized carbons (Fsp3) is 0.381. The van der Waals surface area contributed by atoms with E-state index in [0.29, 0.717) is 12.6 Å². The molecule has 0 radical (unpaired) electrons. The van der Waals surface area contributed by atoms with E-state index in [-0.39, 0.29) is 5.91 Å². The van der Waals surface area contributed by atoms with E-state index >= 15 is 0 Å². The zero-order chi connectivity index (χ0) is 17.3. The van der Waals surface area contributed by atoms with Crippen LogP contribution in [-0.2, 0) is 6.54 Å². The zero-order valence-electron chi connectivity index (χ0n) is 14.9. The lowest BCUT2D eigenvalue weighted by atomic mass is 10.0. The number of carbonyl (C=O) groups is 1. The summed E-state index contributed by atoms with van der Waals surface area (Å²) in [5, 5.41) is 0. The molecule has 0 bridgehead atoms. The third-order valence-electron chi connectivity index (χ3n) is 4.82. The molecule has 1 fully saturated rings. The summed E-state index contributed by atoms with van der Waals surface area (Å²) >= 11 is 0. The molecule has 126 valence electrons. The lowest BCUT2D eigenvalue weighted by Gasteiger charge is -2.25. The predicted octanol–water partition coefficient (Wildman–Crippen LogP) is 4.43. The van der Waals surface area contributed by atoms with E-state index in [1.165, 1.54) is 5.56 Å². The average molecular weight is 323 g/mol. The Bertz CT molecular complexity index is 762. The number of ether oxygens (including phenoxy) is 1. The lowest BCUT2D eigenvalue weighted by molar-refractivity contribution is 0.0729. The minimum atomic E-state index is 0.136. The number of carbonyl (C=O) groups excluding carboxylic acids is 1. The number of amides is 1. The van der Waals surface area contributed by atoms with E-state index in [1.807, 2.05) is 36.1 Å².